The molecule has 2 aromatic heterocycles. The van der Waals surface area contributed by atoms with Crippen molar-refractivity contribution < 1.29 is 4.79 Å². The summed E-state index contributed by atoms with van der Waals surface area (Å²) in [4.78, 5) is 21.2. The van der Waals surface area contributed by atoms with Crippen LogP contribution in [0.25, 0.3) is 11.4 Å². The monoisotopic (exact) mass is 281 g/mol. The van der Waals surface area contributed by atoms with Gasteiger partial charge in [0.15, 0.2) is 5.82 Å². The number of aromatic nitrogens is 2. The first-order chi connectivity index (χ1) is 9.83. The summed E-state index contributed by atoms with van der Waals surface area (Å²) in [5, 5.41) is 4.64. The molecule has 20 heavy (non-hydrogen) atoms. The number of benzene rings is 1. The quantitative estimate of drug-likeness (QED) is 0.800. The van der Waals surface area contributed by atoms with Crippen molar-refractivity contribution >= 4 is 23.1 Å². The van der Waals surface area contributed by atoms with Crippen molar-refractivity contribution in [2.45, 2.75) is 0 Å². The van der Waals surface area contributed by atoms with Gasteiger partial charge >= 0.3 is 0 Å². The van der Waals surface area contributed by atoms with Gasteiger partial charge in [-0.3, -0.25) is 4.79 Å². The Hall–Kier alpha value is -2.53. The fourth-order valence-electron chi connectivity index (χ4n) is 1.74. The second-order valence-electron chi connectivity index (χ2n) is 4.06. The maximum absolute atomic E-state index is 12.0. The van der Waals surface area contributed by atoms with E-state index in [0.29, 0.717) is 16.5 Å². The number of nitrogens with one attached hydrogen (secondary N) is 1. The Balaban J connectivity index is 1.83. The summed E-state index contributed by atoms with van der Waals surface area (Å²) in [6.45, 7) is 0. The van der Waals surface area contributed by atoms with Crippen LogP contribution in [0.15, 0.2) is 60.1 Å². The smallest absolute Gasteiger partial charge is 0.266 e. The summed E-state index contributed by atoms with van der Waals surface area (Å²) in [6, 6.07) is 14.9. The molecule has 3 aromatic rings. The van der Waals surface area contributed by atoms with Crippen molar-refractivity contribution in [1.29, 1.82) is 0 Å². The Morgan fingerprint density at radius 1 is 1.05 bits per heavy atom. The van der Waals surface area contributed by atoms with Crippen LogP contribution in [0.1, 0.15) is 9.67 Å². The zero-order valence-electron chi connectivity index (χ0n) is 10.5. The van der Waals surface area contributed by atoms with Crippen molar-refractivity contribution in [3.63, 3.8) is 0 Å². The average Bonchev–Trinajstić information content (AvgIpc) is 3.03. The highest BCUT2D eigenvalue weighted by Crippen LogP contribution is 2.16. The average molecular weight is 281 g/mol. The SMILES string of the molecule is O=C(Nc1ccnc(-c2ccccc2)n1)c1cccs1. The molecule has 0 bridgehead atoms. The molecular formula is C15H11N3OS. The zero-order chi connectivity index (χ0) is 13.8. The van der Waals surface area contributed by atoms with E-state index >= 15 is 0 Å². The van der Waals surface area contributed by atoms with Crippen LogP contribution in [0, 0.1) is 0 Å². The van der Waals surface area contributed by atoms with Crippen LogP contribution in [-0.4, -0.2) is 15.9 Å². The third-order valence-electron chi connectivity index (χ3n) is 2.67. The number of carbonyl (C=O) groups is 1. The molecule has 4 nitrogen and oxygen atoms in total. The molecule has 1 aromatic carbocycles. The lowest BCUT2D eigenvalue weighted by Gasteiger charge is -2.05. The Kier molecular flexibility index (Phi) is 3.52. The molecule has 2 heterocycles. The molecule has 3 rings (SSSR count). The lowest BCUT2D eigenvalue weighted by molar-refractivity contribution is 0.103. The molecule has 0 aliphatic heterocycles. The number of nitrogens with zero attached hydrogens (tertiary/aromatic N) is 2. The summed E-state index contributed by atoms with van der Waals surface area (Å²) in [5.74, 6) is 0.935. The lowest BCUT2D eigenvalue weighted by Crippen LogP contribution is -2.11. The number of hydrogen-bond acceptors (Lipinski definition) is 4. The van der Waals surface area contributed by atoms with Gasteiger partial charge in [0.1, 0.15) is 5.82 Å². The van der Waals surface area contributed by atoms with Crippen LogP contribution in [0.2, 0.25) is 0 Å². The molecule has 0 saturated carbocycles. The van der Waals surface area contributed by atoms with Crippen molar-refractivity contribution in [2.24, 2.45) is 0 Å². The highest BCUT2D eigenvalue weighted by Gasteiger charge is 2.08. The van der Waals surface area contributed by atoms with E-state index < -0.39 is 0 Å². The fraction of sp³-hybridized carbons (Fsp3) is 0. The van der Waals surface area contributed by atoms with Gasteiger partial charge in [-0.05, 0) is 17.5 Å². The minimum Gasteiger partial charge on any atom is -0.306 e. The molecule has 0 saturated heterocycles. The summed E-state index contributed by atoms with van der Waals surface area (Å²) >= 11 is 1.40. The van der Waals surface area contributed by atoms with Gasteiger partial charge in [-0.25, -0.2) is 9.97 Å². The number of carbonyl (C=O) groups excluding carboxylic acids is 1. The van der Waals surface area contributed by atoms with E-state index in [1.165, 1.54) is 11.3 Å². The van der Waals surface area contributed by atoms with Crippen molar-refractivity contribution in [3.8, 4) is 11.4 Å². The summed E-state index contributed by atoms with van der Waals surface area (Å²) in [5.41, 5.74) is 0.916. The standard InChI is InChI=1S/C15H11N3OS/c19-15(12-7-4-10-20-12)18-13-8-9-16-14(17-13)11-5-2-1-3-6-11/h1-10H,(H,16,17,18,19). The largest absolute Gasteiger partial charge is 0.306 e. The van der Waals surface area contributed by atoms with E-state index in [9.17, 15) is 4.79 Å². The van der Waals surface area contributed by atoms with E-state index in [-0.39, 0.29) is 5.91 Å². The van der Waals surface area contributed by atoms with E-state index in [2.05, 4.69) is 15.3 Å². The normalized spacial score (nSPS) is 10.2. The van der Waals surface area contributed by atoms with E-state index in [0.717, 1.165) is 5.56 Å². The number of hydrogen-bond donors (Lipinski definition) is 1. The van der Waals surface area contributed by atoms with E-state index in [4.69, 9.17) is 0 Å². The van der Waals surface area contributed by atoms with Gasteiger partial charge in [-0.1, -0.05) is 36.4 Å². The van der Waals surface area contributed by atoms with Crippen molar-refractivity contribution in [3.05, 3.63) is 65.0 Å². The third kappa shape index (κ3) is 2.73. The maximum Gasteiger partial charge on any atom is 0.266 e. The lowest BCUT2D eigenvalue weighted by atomic mass is 10.2. The van der Waals surface area contributed by atoms with Crippen molar-refractivity contribution in [2.75, 3.05) is 5.32 Å². The minimum absolute atomic E-state index is 0.155. The molecular weight excluding hydrogens is 270 g/mol. The number of thiophene rings is 1. The predicted octanol–water partition coefficient (Wildman–Crippen LogP) is 3.46. The summed E-state index contributed by atoms with van der Waals surface area (Å²) in [6.07, 6.45) is 1.64. The molecule has 0 fully saturated rings. The first kappa shape index (κ1) is 12.5. The molecule has 0 aliphatic carbocycles. The molecule has 0 unspecified atom stereocenters. The van der Waals surface area contributed by atoms with Gasteiger partial charge in [-0.15, -0.1) is 11.3 Å². The van der Waals surface area contributed by atoms with Gasteiger partial charge < -0.3 is 5.32 Å². The maximum atomic E-state index is 12.0. The number of amides is 1. The van der Waals surface area contributed by atoms with Crippen LogP contribution >= 0.6 is 11.3 Å². The first-order valence-electron chi connectivity index (χ1n) is 6.06. The van der Waals surface area contributed by atoms with E-state index in [1.54, 1.807) is 18.3 Å². The minimum atomic E-state index is -0.155. The summed E-state index contributed by atoms with van der Waals surface area (Å²) in [7, 11) is 0. The number of anilines is 1. The van der Waals surface area contributed by atoms with Gasteiger partial charge in [0.05, 0.1) is 4.88 Å². The van der Waals surface area contributed by atoms with Crippen LogP contribution in [0.4, 0.5) is 5.82 Å². The number of rotatable bonds is 3. The van der Waals surface area contributed by atoms with Gasteiger partial charge in [0, 0.05) is 11.8 Å². The summed E-state index contributed by atoms with van der Waals surface area (Å²) < 4.78 is 0. The van der Waals surface area contributed by atoms with Crippen LogP contribution in [-0.2, 0) is 0 Å². The molecule has 0 radical (unpaired) electrons. The molecule has 0 aliphatic rings. The highest BCUT2D eigenvalue weighted by atomic mass is 32.1. The van der Waals surface area contributed by atoms with Crippen LogP contribution in [0.3, 0.4) is 0 Å². The highest BCUT2D eigenvalue weighted by molar-refractivity contribution is 7.12. The fourth-order valence-corrected chi connectivity index (χ4v) is 2.36. The molecule has 1 amide bonds. The third-order valence-corrected chi connectivity index (χ3v) is 3.54. The second kappa shape index (κ2) is 5.63. The van der Waals surface area contributed by atoms with Crippen LogP contribution in [0.5, 0.6) is 0 Å². The Labute approximate surface area is 120 Å². The second-order valence-corrected chi connectivity index (χ2v) is 5.01. The molecule has 98 valence electrons. The van der Waals surface area contributed by atoms with E-state index in [1.807, 2.05) is 41.8 Å². The molecule has 5 heteroatoms. The zero-order valence-corrected chi connectivity index (χ0v) is 11.3. The van der Waals surface area contributed by atoms with Gasteiger partial charge in [-0.2, -0.15) is 0 Å². The Bertz CT molecular complexity index is 711. The van der Waals surface area contributed by atoms with Crippen LogP contribution < -0.4 is 5.32 Å². The topological polar surface area (TPSA) is 54.9 Å². The van der Waals surface area contributed by atoms with Gasteiger partial charge in [0.2, 0.25) is 0 Å². The molecule has 0 spiro atoms. The molecule has 1 N–H and O–H groups in total. The Morgan fingerprint density at radius 3 is 2.65 bits per heavy atom. The first-order valence-corrected chi connectivity index (χ1v) is 6.94. The van der Waals surface area contributed by atoms with Crippen molar-refractivity contribution in [1.82, 2.24) is 9.97 Å². The molecule has 0 atom stereocenters. The predicted molar refractivity (Wildman–Crippen MR) is 79.7 cm³/mol. The van der Waals surface area contributed by atoms with Gasteiger partial charge in [0.25, 0.3) is 5.91 Å². The Morgan fingerprint density at radius 2 is 1.90 bits per heavy atom.